The third kappa shape index (κ3) is 1.83. The van der Waals surface area contributed by atoms with Crippen molar-refractivity contribution in [3.63, 3.8) is 0 Å². The Morgan fingerprint density at radius 3 is 2.92 bits per heavy atom. The summed E-state index contributed by atoms with van der Waals surface area (Å²) in [6.45, 7) is 2.92. The highest BCUT2D eigenvalue weighted by Gasteiger charge is 1.96. The Bertz CT molecular complexity index is 392. The van der Waals surface area contributed by atoms with Gasteiger partial charge in [-0.05, 0) is 46.2 Å². The smallest absolute Gasteiger partial charge is 0.119 e. The van der Waals surface area contributed by atoms with E-state index in [4.69, 9.17) is 4.74 Å². The summed E-state index contributed by atoms with van der Waals surface area (Å²) in [7, 11) is 0. The van der Waals surface area contributed by atoms with Gasteiger partial charge in [0.2, 0.25) is 0 Å². The lowest BCUT2D eigenvalue weighted by molar-refractivity contribution is 0.318. The van der Waals surface area contributed by atoms with Crippen LogP contribution in [0.5, 0.6) is 5.75 Å². The zero-order valence-electron chi connectivity index (χ0n) is 7.62. The van der Waals surface area contributed by atoms with Crippen LogP contribution in [0.25, 0.3) is 10.8 Å². The minimum Gasteiger partial charge on any atom is -0.494 e. The molecule has 0 saturated heterocycles. The van der Waals surface area contributed by atoms with Crippen LogP contribution >= 0.6 is 11.3 Å². The SMILES string of the molecule is CCCOc1ccc2cscc2c1. The standard InChI is InChI=1S/C11H12OS/c1-2-5-12-11-4-3-9-7-13-8-10(9)6-11/h3-4,6-8H,2,5H2,1H3. The molecule has 0 atom stereocenters. The molecule has 13 heavy (non-hydrogen) atoms. The number of thiophene rings is 1. The van der Waals surface area contributed by atoms with Gasteiger partial charge in [-0.25, -0.2) is 0 Å². The molecule has 0 bridgehead atoms. The van der Waals surface area contributed by atoms with E-state index in [1.807, 2.05) is 6.07 Å². The van der Waals surface area contributed by atoms with Gasteiger partial charge in [0.1, 0.15) is 5.75 Å². The van der Waals surface area contributed by atoms with Crippen molar-refractivity contribution in [1.29, 1.82) is 0 Å². The molecule has 1 heterocycles. The van der Waals surface area contributed by atoms with Crippen LogP contribution in [0, 0.1) is 0 Å². The number of rotatable bonds is 3. The van der Waals surface area contributed by atoms with Crippen molar-refractivity contribution >= 4 is 22.1 Å². The van der Waals surface area contributed by atoms with Crippen LogP contribution < -0.4 is 4.74 Å². The highest BCUT2D eigenvalue weighted by molar-refractivity contribution is 7.09. The molecule has 68 valence electrons. The van der Waals surface area contributed by atoms with Crippen LogP contribution in [0.4, 0.5) is 0 Å². The van der Waals surface area contributed by atoms with E-state index in [1.54, 1.807) is 11.3 Å². The Morgan fingerprint density at radius 2 is 2.08 bits per heavy atom. The average molecular weight is 192 g/mol. The molecule has 0 aliphatic heterocycles. The van der Waals surface area contributed by atoms with E-state index in [0.717, 1.165) is 18.8 Å². The van der Waals surface area contributed by atoms with E-state index in [1.165, 1.54) is 10.8 Å². The van der Waals surface area contributed by atoms with Gasteiger partial charge >= 0.3 is 0 Å². The van der Waals surface area contributed by atoms with Crippen molar-refractivity contribution in [2.45, 2.75) is 13.3 Å². The molecule has 0 unspecified atom stereocenters. The fraction of sp³-hybridized carbons (Fsp3) is 0.273. The molecule has 1 aromatic heterocycles. The first-order chi connectivity index (χ1) is 6.40. The van der Waals surface area contributed by atoms with E-state index in [2.05, 4.69) is 29.8 Å². The molecule has 0 amide bonds. The minimum atomic E-state index is 0.801. The Morgan fingerprint density at radius 1 is 1.23 bits per heavy atom. The Hall–Kier alpha value is -1.02. The highest BCUT2D eigenvalue weighted by atomic mass is 32.1. The first-order valence-corrected chi connectivity index (χ1v) is 5.43. The lowest BCUT2D eigenvalue weighted by Crippen LogP contribution is -1.93. The second-order valence-electron chi connectivity index (χ2n) is 3.01. The minimum absolute atomic E-state index is 0.801. The van der Waals surface area contributed by atoms with Gasteiger partial charge in [-0.15, -0.1) is 0 Å². The Balaban J connectivity index is 2.26. The largest absolute Gasteiger partial charge is 0.494 e. The van der Waals surface area contributed by atoms with Crippen LogP contribution in [0.2, 0.25) is 0 Å². The first-order valence-electron chi connectivity index (χ1n) is 4.49. The van der Waals surface area contributed by atoms with Crippen molar-refractivity contribution in [3.8, 4) is 5.75 Å². The molecule has 0 aliphatic rings. The molecule has 2 aromatic rings. The van der Waals surface area contributed by atoms with Gasteiger partial charge < -0.3 is 4.74 Å². The Kier molecular flexibility index (Phi) is 2.50. The van der Waals surface area contributed by atoms with Crippen LogP contribution in [-0.2, 0) is 0 Å². The summed E-state index contributed by atoms with van der Waals surface area (Å²) >= 11 is 1.73. The molecule has 1 aromatic carbocycles. The molecular formula is C11H12OS. The maximum atomic E-state index is 5.54. The van der Waals surface area contributed by atoms with Crippen molar-refractivity contribution in [2.24, 2.45) is 0 Å². The topological polar surface area (TPSA) is 9.23 Å². The zero-order chi connectivity index (χ0) is 9.10. The first kappa shape index (κ1) is 8.57. The van der Waals surface area contributed by atoms with E-state index in [9.17, 15) is 0 Å². The third-order valence-corrected chi connectivity index (χ3v) is 2.70. The van der Waals surface area contributed by atoms with E-state index in [0.29, 0.717) is 0 Å². The molecule has 0 aliphatic carbocycles. The number of hydrogen-bond acceptors (Lipinski definition) is 2. The summed E-state index contributed by atoms with van der Waals surface area (Å²) in [5.41, 5.74) is 0. The van der Waals surface area contributed by atoms with E-state index < -0.39 is 0 Å². The highest BCUT2D eigenvalue weighted by Crippen LogP contribution is 2.23. The number of hydrogen-bond donors (Lipinski definition) is 0. The average Bonchev–Trinajstić information content (AvgIpc) is 2.61. The van der Waals surface area contributed by atoms with Crippen molar-refractivity contribution < 1.29 is 4.74 Å². The van der Waals surface area contributed by atoms with Crippen LogP contribution in [0.15, 0.2) is 29.0 Å². The van der Waals surface area contributed by atoms with Crippen LogP contribution in [0.3, 0.4) is 0 Å². The summed E-state index contributed by atoms with van der Waals surface area (Å²) in [6.07, 6.45) is 1.06. The van der Waals surface area contributed by atoms with Gasteiger partial charge in [-0.1, -0.05) is 6.92 Å². The van der Waals surface area contributed by atoms with Crippen LogP contribution in [-0.4, -0.2) is 6.61 Å². The number of benzene rings is 1. The predicted octanol–water partition coefficient (Wildman–Crippen LogP) is 3.69. The van der Waals surface area contributed by atoms with E-state index >= 15 is 0 Å². The molecule has 0 saturated carbocycles. The maximum absolute atomic E-state index is 5.54. The van der Waals surface area contributed by atoms with Crippen molar-refractivity contribution in [1.82, 2.24) is 0 Å². The summed E-state index contributed by atoms with van der Waals surface area (Å²) in [6, 6.07) is 6.24. The van der Waals surface area contributed by atoms with Crippen molar-refractivity contribution in [3.05, 3.63) is 29.0 Å². The van der Waals surface area contributed by atoms with Gasteiger partial charge in [0, 0.05) is 0 Å². The summed E-state index contributed by atoms with van der Waals surface area (Å²) < 4.78 is 5.54. The molecule has 1 nitrogen and oxygen atoms in total. The second kappa shape index (κ2) is 3.79. The summed E-state index contributed by atoms with van der Waals surface area (Å²) in [5, 5.41) is 6.88. The molecule has 0 N–H and O–H groups in total. The van der Waals surface area contributed by atoms with Crippen molar-refractivity contribution in [2.75, 3.05) is 6.61 Å². The lowest BCUT2D eigenvalue weighted by Gasteiger charge is -2.03. The number of fused-ring (bicyclic) bond motifs is 1. The maximum Gasteiger partial charge on any atom is 0.119 e. The molecular weight excluding hydrogens is 180 g/mol. The number of ether oxygens (including phenoxy) is 1. The predicted molar refractivity (Wildman–Crippen MR) is 57.6 cm³/mol. The molecule has 2 heteroatoms. The summed E-state index contributed by atoms with van der Waals surface area (Å²) in [5.74, 6) is 0.979. The van der Waals surface area contributed by atoms with Gasteiger partial charge in [-0.3, -0.25) is 0 Å². The second-order valence-corrected chi connectivity index (χ2v) is 3.75. The molecule has 0 spiro atoms. The van der Waals surface area contributed by atoms with E-state index in [-0.39, 0.29) is 0 Å². The molecule has 2 rings (SSSR count). The molecule has 0 radical (unpaired) electrons. The van der Waals surface area contributed by atoms with Crippen LogP contribution in [0.1, 0.15) is 13.3 Å². The molecule has 0 fully saturated rings. The Labute approximate surface area is 82.0 Å². The fourth-order valence-electron chi connectivity index (χ4n) is 1.25. The van der Waals surface area contributed by atoms with Gasteiger partial charge in [0.25, 0.3) is 0 Å². The van der Waals surface area contributed by atoms with Gasteiger partial charge in [-0.2, -0.15) is 11.3 Å². The third-order valence-electron chi connectivity index (χ3n) is 1.92. The monoisotopic (exact) mass is 192 g/mol. The zero-order valence-corrected chi connectivity index (χ0v) is 8.43. The van der Waals surface area contributed by atoms with Gasteiger partial charge in [0.15, 0.2) is 0 Å². The normalized spacial score (nSPS) is 10.5. The lowest BCUT2D eigenvalue weighted by atomic mass is 10.2. The fourth-order valence-corrected chi connectivity index (χ4v) is 2.03. The van der Waals surface area contributed by atoms with Gasteiger partial charge in [0.05, 0.1) is 6.61 Å². The quantitative estimate of drug-likeness (QED) is 0.720. The summed E-state index contributed by atoms with van der Waals surface area (Å²) in [4.78, 5) is 0.